The van der Waals surface area contributed by atoms with Crippen molar-refractivity contribution >= 4 is 23.1 Å². The molecule has 1 aromatic rings. The number of hydrogen-bond acceptors (Lipinski definition) is 4. The van der Waals surface area contributed by atoms with Gasteiger partial charge in [0.1, 0.15) is 0 Å². The molecule has 104 valence electrons. The van der Waals surface area contributed by atoms with Gasteiger partial charge >= 0.3 is 0 Å². The maximum atomic E-state index is 11.5. The summed E-state index contributed by atoms with van der Waals surface area (Å²) in [6, 6.07) is 6.91. The van der Waals surface area contributed by atoms with E-state index in [0.29, 0.717) is 17.7 Å². The summed E-state index contributed by atoms with van der Waals surface area (Å²) in [5.74, 6) is -0.355. The quantitative estimate of drug-likeness (QED) is 0.589. The van der Waals surface area contributed by atoms with Gasteiger partial charge in [-0.25, -0.2) is 4.31 Å². The summed E-state index contributed by atoms with van der Waals surface area (Å²) < 4.78 is 20.3. The molecule has 19 heavy (non-hydrogen) atoms. The topological polar surface area (TPSA) is 80.8 Å². The lowest BCUT2D eigenvalue weighted by atomic mass is 10.1. The number of rotatable bonds is 2. The Bertz CT molecular complexity index is 481. The number of carbonyl (C=O) groups excluding carboxylic acids is 2. The van der Waals surface area contributed by atoms with Crippen LogP contribution in [0.2, 0.25) is 0 Å². The number of fused-ring (bicyclic) bond motifs is 1. The van der Waals surface area contributed by atoms with Gasteiger partial charge in [0.25, 0.3) is 11.8 Å². The minimum atomic E-state index is -2.03. The van der Waals surface area contributed by atoms with Crippen molar-refractivity contribution in [2.75, 3.05) is 20.6 Å². The first-order valence-electron chi connectivity index (χ1n) is 5.62. The molecule has 2 rings (SSSR count). The van der Waals surface area contributed by atoms with Crippen LogP contribution in [0.15, 0.2) is 24.3 Å². The third-order valence-corrected chi connectivity index (χ3v) is 3.09. The summed E-state index contributed by atoms with van der Waals surface area (Å²) in [5.41, 5.74) is 1.05. The Morgan fingerprint density at radius 3 is 1.79 bits per heavy atom. The smallest absolute Gasteiger partial charge is 0.261 e. The maximum absolute atomic E-state index is 11.5. The van der Waals surface area contributed by atoms with Gasteiger partial charge in [-0.05, 0) is 33.2 Å². The van der Waals surface area contributed by atoms with Crippen LogP contribution in [0.3, 0.4) is 0 Å². The monoisotopic (exact) mass is 283 g/mol. The fourth-order valence-corrected chi connectivity index (χ4v) is 1.53. The fourth-order valence-electron chi connectivity index (χ4n) is 1.53. The molecular formula is C12H15N2O4S-. The first kappa shape index (κ1) is 15.5. The van der Waals surface area contributed by atoms with Gasteiger partial charge < -0.3 is 4.55 Å². The Balaban J connectivity index is 0.000000258. The highest BCUT2D eigenvalue weighted by molar-refractivity contribution is 7.76. The number of benzene rings is 1. The van der Waals surface area contributed by atoms with Crippen molar-refractivity contribution in [3.05, 3.63) is 35.4 Å². The lowest BCUT2D eigenvalue weighted by Crippen LogP contribution is -2.29. The molecule has 0 saturated heterocycles. The molecule has 2 amide bonds. The second-order valence-corrected chi connectivity index (χ2v) is 5.09. The number of nitrogens with zero attached hydrogens (tertiary/aromatic N) is 2. The molecule has 0 radical (unpaired) electrons. The van der Waals surface area contributed by atoms with E-state index in [1.54, 1.807) is 31.2 Å². The van der Waals surface area contributed by atoms with E-state index in [1.165, 1.54) is 19.0 Å². The fraction of sp³-hybridized carbons (Fsp3) is 0.333. The standard InChI is InChI=1S/C10H9NO2.C2H7NO2S/c1-2-11-9(12)7-5-3-4-6-8(7)10(11)13;1-3(2)6(4)5/h3-6H,2H2,1H3;1-2H3,(H,4,5)/p-1. The Hall–Kier alpha value is -1.57. The Labute approximate surface area is 114 Å². The highest BCUT2D eigenvalue weighted by Crippen LogP contribution is 2.21. The molecular weight excluding hydrogens is 268 g/mol. The van der Waals surface area contributed by atoms with Crippen LogP contribution in [-0.4, -0.2) is 50.4 Å². The average Bonchev–Trinajstić information content (AvgIpc) is 2.63. The zero-order valence-corrected chi connectivity index (χ0v) is 11.8. The van der Waals surface area contributed by atoms with Crippen LogP contribution in [0.5, 0.6) is 0 Å². The van der Waals surface area contributed by atoms with Gasteiger partial charge in [-0.1, -0.05) is 12.1 Å². The summed E-state index contributed by atoms with van der Waals surface area (Å²) in [4.78, 5) is 24.3. The first-order valence-corrected chi connectivity index (χ1v) is 6.65. The minimum Gasteiger partial charge on any atom is -0.760 e. The number of amides is 2. The Morgan fingerprint density at radius 1 is 1.16 bits per heavy atom. The van der Waals surface area contributed by atoms with E-state index in [2.05, 4.69) is 0 Å². The molecule has 0 aliphatic carbocycles. The molecule has 7 heteroatoms. The van der Waals surface area contributed by atoms with Crippen molar-refractivity contribution < 1.29 is 18.4 Å². The van der Waals surface area contributed by atoms with Crippen LogP contribution in [0.1, 0.15) is 27.6 Å². The van der Waals surface area contributed by atoms with Gasteiger partial charge in [-0.15, -0.1) is 0 Å². The van der Waals surface area contributed by atoms with Gasteiger partial charge in [0, 0.05) is 17.8 Å². The summed E-state index contributed by atoms with van der Waals surface area (Å²) in [6.07, 6.45) is 0. The Kier molecular flexibility index (Phi) is 5.34. The van der Waals surface area contributed by atoms with Crippen LogP contribution in [0.25, 0.3) is 0 Å². The summed E-state index contributed by atoms with van der Waals surface area (Å²) >= 11 is -2.03. The van der Waals surface area contributed by atoms with Crippen LogP contribution in [0, 0.1) is 0 Å². The zero-order chi connectivity index (χ0) is 14.6. The third-order valence-electron chi connectivity index (χ3n) is 2.49. The van der Waals surface area contributed by atoms with Gasteiger partial charge in [0.2, 0.25) is 0 Å². The van der Waals surface area contributed by atoms with E-state index in [1.807, 2.05) is 0 Å². The summed E-state index contributed by atoms with van der Waals surface area (Å²) in [5, 5.41) is 0. The largest absolute Gasteiger partial charge is 0.760 e. The van der Waals surface area contributed by atoms with Gasteiger partial charge in [-0.3, -0.25) is 18.7 Å². The molecule has 0 N–H and O–H groups in total. The molecule has 1 heterocycles. The molecule has 0 aromatic heterocycles. The van der Waals surface area contributed by atoms with Crippen LogP contribution >= 0.6 is 0 Å². The van der Waals surface area contributed by atoms with Crippen molar-refractivity contribution in [3.8, 4) is 0 Å². The molecule has 1 unspecified atom stereocenters. The number of carbonyl (C=O) groups is 2. The lowest BCUT2D eigenvalue weighted by molar-refractivity contribution is 0.0663. The first-order chi connectivity index (χ1) is 8.90. The third kappa shape index (κ3) is 3.46. The normalized spacial score (nSPS) is 15.1. The highest BCUT2D eigenvalue weighted by Gasteiger charge is 2.33. The van der Waals surface area contributed by atoms with Gasteiger partial charge in [0.05, 0.1) is 11.1 Å². The second-order valence-electron chi connectivity index (χ2n) is 3.93. The minimum absolute atomic E-state index is 0.178. The Morgan fingerprint density at radius 2 is 1.53 bits per heavy atom. The van der Waals surface area contributed by atoms with Crippen LogP contribution in [-0.2, 0) is 11.3 Å². The summed E-state index contributed by atoms with van der Waals surface area (Å²) in [6.45, 7) is 2.23. The summed E-state index contributed by atoms with van der Waals surface area (Å²) in [7, 11) is 2.92. The van der Waals surface area contributed by atoms with Crippen LogP contribution in [0.4, 0.5) is 0 Å². The molecule has 0 fully saturated rings. The van der Waals surface area contributed by atoms with Gasteiger partial charge in [-0.2, -0.15) is 0 Å². The van der Waals surface area contributed by atoms with Crippen LogP contribution < -0.4 is 0 Å². The molecule has 0 spiro atoms. The van der Waals surface area contributed by atoms with E-state index in [4.69, 9.17) is 0 Å². The van der Waals surface area contributed by atoms with Crippen molar-refractivity contribution in [1.82, 2.24) is 9.21 Å². The molecule has 1 aromatic carbocycles. The molecule has 6 nitrogen and oxygen atoms in total. The lowest BCUT2D eigenvalue weighted by Gasteiger charge is -2.10. The molecule has 1 aliphatic heterocycles. The van der Waals surface area contributed by atoms with Crippen molar-refractivity contribution in [2.24, 2.45) is 0 Å². The number of hydrogen-bond donors (Lipinski definition) is 0. The van der Waals surface area contributed by atoms with Crippen molar-refractivity contribution in [1.29, 1.82) is 0 Å². The van der Waals surface area contributed by atoms with Crippen molar-refractivity contribution in [3.63, 3.8) is 0 Å². The predicted octanol–water partition coefficient (Wildman–Crippen LogP) is 0.645. The van der Waals surface area contributed by atoms with E-state index in [0.717, 1.165) is 4.31 Å². The van der Waals surface area contributed by atoms with E-state index in [9.17, 15) is 18.4 Å². The van der Waals surface area contributed by atoms with E-state index in [-0.39, 0.29) is 11.8 Å². The SMILES string of the molecule is CCN1C(=O)c2ccccc2C1=O.CN(C)S(=O)[O-]. The molecule has 0 bridgehead atoms. The maximum Gasteiger partial charge on any atom is 0.261 e. The zero-order valence-electron chi connectivity index (χ0n) is 11.0. The van der Waals surface area contributed by atoms with E-state index < -0.39 is 11.3 Å². The van der Waals surface area contributed by atoms with Crippen molar-refractivity contribution in [2.45, 2.75) is 6.92 Å². The van der Waals surface area contributed by atoms with E-state index >= 15 is 0 Å². The molecule has 1 atom stereocenters. The second kappa shape index (κ2) is 6.55. The number of imide groups is 1. The molecule has 1 aliphatic rings. The average molecular weight is 283 g/mol. The molecule has 0 saturated carbocycles. The van der Waals surface area contributed by atoms with Gasteiger partial charge in [0.15, 0.2) is 0 Å². The highest BCUT2D eigenvalue weighted by atomic mass is 32.2. The predicted molar refractivity (Wildman–Crippen MR) is 70.1 cm³/mol.